The van der Waals surface area contributed by atoms with Crippen molar-refractivity contribution in [2.75, 3.05) is 6.54 Å². The average molecular weight is 168 g/mol. The normalized spacial score (nSPS) is 31.1. The van der Waals surface area contributed by atoms with Crippen LogP contribution in [0.3, 0.4) is 0 Å². The Bertz CT molecular complexity index is 143. The molecule has 1 aliphatic rings. The van der Waals surface area contributed by atoms with Crippen LogP contribution in [0.15, 0.2) is 12.3 Å². The summed E-state index contributed by atoms with van der Waals surface area (Å²) in [5.74, 6) is 0.838. The Hall–Kier alpha value is -0.500. The predicted octanol–water partition coefficient (Wildman–Crippen LogP) is 1.63. The van der Waals surface area contributed by atoms with Crippen molar-refractivity contribution in [3.63, 3.8) is 0 Å². The minimum Gasteiger partial charge on any atom is -0.405 e. The molecule has 0 spiro atoms. The van der Waals surface area contributed by atoms with Crippen LogP contribution in [-0.4, -0.2) is 12.6 Å². The maximum atomic E-state index is 5.26. The molecule has 1 fully saturated rings. The molecule has 0 heterocycles. The molecule has 1 rings (SSSR count). The van der Waals surface area contributed by atoms with Crippen LogP contribution in [0.2, 0.25) is 0 Å². The fourth-order valence-electron chi connectivity index (χ4n) is 1.91. The molecule has 0 aromatic carbocycles. The van der Waals surface area contributed by atoms with E-state index >= 15 is 0 Å². The van der Waals surface area contributed by atoms with Crippen molar-refractivity contribution in [1.82, 2.24) is 5.32 Å². The Kier molecular flexibility index (Phi) is 4.15. The average Bonchev–Trinajstić information content (AvgIpc) is 2.09. The SMILES string of the molecule is CC1CCCCC1NC/C=C/N. The predicted molar refractivity (Wildman–Crippen MR) is 52.8 cm³/mol. The highest BCUT2D eigenvalue weighted by Gasteiger charge is 2.19. The van der Waals surface area contributed by atoms with Crippen LogP contribution in [0.4, 0.5) is 0 Å². The van der Waals surface area contributed by atoms with Crippen LogP contribution in [0, 0.1) is 5.92 Å². The van der Waals surface area contributed by atoms with E-state index in [1.54, 1.807) is 6.20 Å². The number of hydrogen-bond acceptors (Lipinski definition) is 2. The van der Waals surface area contributed by atoms with E-state index in [0.29, 0.717) is 0 Å². The lowest BCUT2D eigenvalue weighted by atomic mass is 9.86. The summed E-state index contributed by atoms with van der Waals surface area (Å²) in [6.45, 7) is 3.26. The van der Waals surface area contributed by atoms with Crippen LogP contribution >= 0.6 is 0 Å². The van der Waals surface area contributed by atoms with Gasteiger partial charge < -0.3 is 11.1 Å². The van der Waals surface area contributed by atoms with Gasteiger partial charge in [-0.25, -0.2) is 0 Å². The van der Waals surface area contributed by atoms with Crippen molar-refractivity contribution < 1.29 is 0 Å². The summed E-state index contributed by atoms with van der Waals surface area (Å²) in [7, 11) is 0. The third kappa shape index (κ3) is 2.86. The first-order valence-electron chi connectivity index (χ1n) is 4.94. The molecule has 1 saturated carbocycles. The van der Waals surface area contributed by atoms with Crippen molar-refractivity contribution in [2.45, 2.75) is 38.6 Å². The lowest BCUT2D eigenvalue weighted by molar-refractivity contribution is 0.288. The van der Waals surface area contributed by atoms with Crippen molar-refractivity contribution >= 4 is 0 Å². The van der Waals surface area contributed by atoms with Crippen LogP contribution in [0.25, 0.3) is 0 Å². The topological polar surface area (TPSA) is 38.0 Å². The van der Waals surface area contributed by atoms with Crippen molar-refractivity contribution in [3.05, 3.63) is 12.3 Å². The van der Waals surface area contributed by atoms with Crippen LogP contribution < -0.4 is 11.1 Å². The molecule has 0 amide bonds. The van der Waals surface area contributed by atoms with Gasteiger partial charge >= 0.3 is 0 Å². The maximum absolute atomic E-state index is 5.26. The van der Waals surface area contributed by atoms with Gasteiger partial charge in [0.2, 0.25) is 0 Å². The van der Waals surface area contributed by atoms with Crippen LogP contribution in [-0.2, 0) is 0 Å². The lowest BCUT2D eigenvalue weighted by Gasteiger charge is -2.29. The van der Waals surface area contributed by atoms with E-state index in [1.807, 2.05) is 6.08 Å². The van der Waals surface area contributed by atoms with Gasteiger partial charge in [-0.15, -0.1) is 0 Å². The second kappa shape index (κ2) is 5.20. The summed E-state index contributed by atoms with van der Waals surface area (Å²) >= 11 is 0. The quantitative estimate of drug-likeness (QED) is 0.672. The minimum atomic E-state index is 0.718. The molecule has 0 aromatic heterocycles. The highest BCUT2D eigenvalue weighted by atomic mass is 14.9. The zero-order valence-corrected chi connectivity index (χ0v) is 7.92. The van der Waals surface area contributed by atoms with E-state index in [9.17, 15) is 0 Å². The molecule has 0 aliphatic heterocycles. The van der Waals surface area contributed by atoms with Crippen molar-refractivity contribution in [2.24, 2.45) is 11.7 Å². The third-order valence-electron chi connectivity index (χ3n) is 2.75. The first kappa shape index (κ1) is 9.59. The molecule has 2 unspecified atom stereocenters. The molecule has 12 heavy (non-hydrogen) atoms. The van der Waals surface area contributed by atoms with E-state index in [4.69, 9.17) is 5.73 Å². The molecule has 3 N–H and O–H groups in total. The summed E-state index contributed by atoms with van der Waals surface area (Å²) in [6.07, 6.45) is 9.09. The molecular formula is C10H20N2. The molecule has 2 atom stereocenters. The van der Waals surface area contributed by atoms with Gasteiger partial charge in [0.1, 0.15) is 0 Å². The largest absolute Gasteiger partial charge is 0.405 e. The molecule has 2 nitrogen and oxygen atoms in total. The molecule has 1 aliphatic carbocycles. The molecule has 70 valence electrons. The molecule has 0 saturated heterocycles. The van der Waals surface area contributed by atoms with Crippen molar-refractivity contribution in [3.8, 4) is 0 Å². The van der Waals surface area contributed by atoms with Gasteiger partial charge in [0.15, 0.2) is 0 Å². The summed E-state index contributed by atoms with van der Waals surface area (Å²) in [4.78, 5) is 0. The highest BCUT2D eigenvalue weighted by Crippen LogP contribution is 2.23. The van der Waals surface area contributed by atoms with Gasteiger partial charge in [0.05, 0.1) is 0 Å². The summed E-state index contributed by atoms with van der Waals surface area (Å²) in [5.41, 5.74) is 5.26. The minimum absolute atomic E-state index is 0.718. The third-order valence-corrected chi connectivity index (χ3v) is 2.75. The van der Waals surface area contributed by atoms with Gasteiger partial charge in [-0.1, -0.05) is 25.8 Å². The standard InChI is InChI=1S/C10H20N2/c1-9-5-2-3-6-10(9)12-8-4-7-11/h4,7,9-10,12H,2-3,5-6,8,11H2,1H3/b7-4+. The lowest BCUT2D eigenvalue weighted by Crippen LogP contribution is -2.37. The fraction of sp³-hybridized carbons (Fsp3) is 0.800. The van der Waals surface area contributed by atoms with Gasteiger partial charge in [0, 0.05) is 12.6 Å². The maximum Gasteiger partial charge on any atom is 0.0154 e. The second-order valence-electron chi connectivity index (χ2n) is 3.70. The zero-order valence-electron chi connectivity index (χ0n) is 7.92. The number of rotatable bonds is 3. The zero-order chi connectivity index (χ0) is 8.81. The highest BCUT2D eigenvalue weighted by molar-refractivity contribution is 4.84. The number of hydrogen-bond donors (Lipinski definition) is 2. The monoisotopic (exact) mass is 168 g/mol. The van der Waals surface area contributed by atoms with E-state index in [-0.39, 0.29) is 0 Å². The summed E-state index contributed by atoms with van der Waals surface area (Å²) < 4.78 is 0. The smallest absolute Gasteiger partial charge is 0.0154 e. The molecular weight excluding hydrogens is 148 g/mol. The Morgan fingerprint density at radius 2 is 2.17 bits per heavy atom. The van der Waals surface area contributed by atoms with Crippen molar-refractivity contribution in [1.29, 1.82) is 0 Å². The Morgan fingerprint density at radius 1 is 1.42 bits per heavy atom. The Balaban J connectivity index is 2.20. The first-order valence-corrected chi connectivity index (χ1v) is 4.94. The van der Waals surface area contributed by atoms with Crippen LogP contribution in [0.1, 0.15) is 32.6 Å². The molecule has 0 bridgehead atoms. The van der Waals surface area contributed by atoms with Gasteiger partial charge in [-0.2, -0.15) is 0 Å². The summed E-state index contributed by atoms with van der Waals surface area (Å²) in [5, 5.41) is 3.51. The van der Waals surface area contributed by atoms with Gasteiger partial charge in [-0.05, 0) is 25.0 Å². The van der Waals surface area contributed by atoms with E-state index in [2.05, 4.69) is 12.2 Å². The molecule has 2 heteroatoms. The molecule has 0 aromatic rings. The summed E-state index contributed by atoms with van der Waals surface area (Å²) in [6, 6.07) is 0.718. The molecule has 0 radical (unpaired) electrons. The Morgan fingerprint density at radius 3 is 2.83 bits per heavy atom. The second-order valence-corrected chi connectivity index (χ2v) is 3.70. The van der Waals surface area contributed by atoms with Gasteiger partial charge in [-0.3, -0.25) is 0 Å². The van der Waals surface area contributed by atoms with E-state index in [0.717, 1.165) is 18.5 Å². The number of nitrogens with one attached hydrogen (secondary N) is 1. The fourth-order valence-corrected chi connectivity index (χ4v) is 1.91. The van der Waals surface area contributed by atoms with Crippen LogP contribution in [0.5, 0.6) is 0 Å². The Labute approximate surface area is 75.2 Å². The van der Waals surface area contributed by atoms with Gasteiger partial charge in [0.25, 0.3) is 0 Å². The van der Waals surface area contributed by atoms with E-state index < -0.39 is 0 Å². The van der Waals surface area contributed by atoms with E-state index in [1.165, 1.54) is 25.7 Å². The first-order chi connectivity index (χ1) is 5.84. The number of nitrogens with two attached hydrogens (primary N) is 1.